The van der Waals surface area contributed by atoms with Crippen LogP contribution >= 0.6 is 37.2 Å². The predicted octanol–water partition coefficient (Wildman–Crippen LogP) is 2.67. The van der Waals surface area contributed by atoms with E-state index in [0.29, 0.717) is 6.42 Å². The maximum atomic E-state index is 11.3. The van der Waals surface area contributed by atoms with E-state index in [1.165, 1.54) is 16.7 Å². The van der Waals surface area contributed by atoms with Gasteiger partial charge in [-0.1, -0.05) is 48.5 Å². The van der Waals surface area contributed by atoms with Crippen LogP contribution in [0.2, 0.25) is 0 Å². The van der Waals surface area contributed by atoms with Crippen molar-refractivity contribution in [3.8, 4) is 0 Å². The first-order chi connectivity index (χ1) is 12.7. The minimum Gasteiger partial charge on any atom is -0.314 e. The first-order valence-electron chi connectivity index (χ1n) is 9.31. The molecule has 0 bridgehead atoms. The van der Waals surface area contributed by atoms with Gasteiger partial charge in [-0.05, 0) is 35.1 Å². The van der Waals surface area contributed by atoms with Gasteiger partial charge in [0.15, 0.2) is 0 Å². The third-order valence-electron chi connectivity index (χ3n) is 4.89. The maximum Gasteiger partial charge on any atom is 0.238 e. The van der Waals surface area contributed by atoms with Crippen LogP contribution in [0.4, 0.5) is 0 Å². The SMILES string of the molecule is Cl.Cl.Cl.NNC(=O)Cc1ccc(CCc2ccc(CN3CCNCC3)cc2)cc1. The van der Waals surface area contributed by atoms with Crippen LogP contribution in [0, 0.1) is 0 Å². The lowest BCUT2D eigenvalue weighted by Crippen LogP contribution is -2.42. The van der Waals surface area contributed by atoms with Gasteiger partial charge in [-0.2, -0.15) is 0 Å². The molecule has 0 atom stereocenters. The molecule has 1 aliphatic heterocycles. The molecular formula is C21H31Cl3N4O. The van der Waals surface area contributed by atoms with E-state index < -0.39 is 0 Å². The fourth-order valence-corrected chi connectivity index (χ4v) is 3.29. The van der Waals surface area contributed by atoms with E-state index >= 15 is 0 Å². The highest BCUT2D eigenvalue weighted by Gasteiger charge is 2.09. The second-order valence-electron chi connectivity index (χ2n) is 6.90. The largest absolute Gasteiger partial charge is 0.314 e. The lowest BCUT2D eigenvalue weighted by Gasteiger charge is -2.27. The molecule has 0 saturated carbocycles. The Bertz CT molecular complexity index is 705. The minimum atomic E-state index is -0.168. The second-order valence-corrected chi connectivity index (χ2v) is 6.90. The molecule has 1 heterocycles. The number of piperazine rings is 1. The number of benzene rings is 2. The summed E-state index contributed by atoms with van der Waals surface area (Å²) in [6, 6.07) is 17.2. The average Bonchev–Trinajstić information content (AvgIpc) is 2.69. The van der Waals surface area contributed by atoms with Gasteiger partial charge in [-0.3, -0.25) is 15.1 Å². The Morgan fingerprint density at radius 2 is 1.28 bits per heavy atom. The van der Waals surface area contributed by atoms with Crippen LogP contribution in [0.1, 0.15) is 22.3 Å². The molecular weight excluding hydrogens is 431 g/mol. The zero-order valence-corrected chi connectivity index (χ0v) is 18.9. The van der Waals surface area contributed by atoms with E-state index in [1.807, 2.05) is 12.1 Å². The fourth-order valence-electron chi connectivity index (χ4n) is 3.29. The Morgan fingerprint density at radius 3 is 1.76 bits per heavy atom. The standard InChI is InChI=1S/C21H28N4O.3ClH/c22-24-21(26)15-19-7-3-17(4-8-19)1-2-18-5-9-20(10-6-18)16-25-13-11-23-12-14-25;;;/h3-10,23H,1-2,11-16,22H2,(H,24,26);3*1H. The summed E-state index contributed by atoms with van der Waals surface area (Å²) in [6.45, 7) is 5.48. The third kappa shape index (κ3) is 9.34. The van der Waals surface area contributed by atoms with E-state index in [1.54, 1.807) is 0 Å². The van der Waals surface area contributed by atoms with Crippen LogP contribution in [0.5, 0.6) is 0 Å². The van der Waals surface area contributed by atoms with E-state index in [2.05, 4.69) is 52.0 Å². The molecule has 0 aromatic heterocycles. The molecule has 0 spiro atoms. The van der Waals surface area contributed by atoms with Crippen molar-refractivity contribution in [3.63, 3.8) is 0 Å². The van der Waals surface area contributed by atoms with Crippen molar-refractivity contribution >= 4 is 43.1 Å². The van der Waals surface area contributed by atoms with Gasteiger partial charge in [0.25, 0.3) is 0 Å². The first-order valence-corrected chi connectivity index (χ1v) is 9.31. The smallest absolute Gasteiger partial charge is 0.238 e. The summed E-state index contributed by atoms with van der Waals surface area (Å²) >= 11 is 0. The summed E-state index contributed by atoms with van der Waals surface area (Å²) in [5, 5.41) is 3.39. The summed E-state index contributed by atoms with van der Waals surface area (Å²) in [7, 11) is 0. The minimum absolute atomic E-state index is 0. The molecule has 5 nitrogen and oxygen atoms in total. The maximum absolute atomic E-state index is 11.3. The Balaban J connectivity index is 0.00000261. The lowest BCUT2D eigenvalue weighted by atomic mass is 10.0. The van der Waals surface area contributed by atoms with Crippen molar-refractivity contribution in [1.82, 2.24) is 15.6 Å². The van der Waals surface area contributed by atoms with Crippen molar-refractivity contribution in [2.45, 2.75) is 25.8 Å². The third-order valence-corrected chi connectivity index (χ3v) is 4.89. The quantitative estimate of drug-likeness (QED) is 0.337. The Morgan fingerprint density at radius 1 is 0.828 bits per heavy atom. The van der Waals surface area contributed by atoms with Gasteiger partial charge in [0.2, 0.25) is 5.91 Å². The predicted molar refractivity (Wildman–Crippen MR) is 126 cm³/mol. The summed E-state index contributed by atoms with van der Waals surface area (Å²) in [5.74, 6) is 4.95. The number of aryl methyl sites for hydroxylation is 2. The number of hydrogen-bond donors (Lipinski definition) is 3. The number of halogens is 3. The molecule has 0 radical (unpaired) electrons. The Labute approximate surface area is 192 Å². The van der Waals surface area contributed by atoms with E-state index in [0.717, 1.165) is 51.1 Å². The summed E-state index contributed by atoms with van der Waals surface area (Å²) in [4.78, 5) is 13.8. The van der Waals surface area contributed by atoms with E-state index in [9.17, 15) is 4.79 Å². The van der Waals surface area contributed by atoms with Gasteiger partial charge in [0.05, 0.1) is 6.42 Å². The number of nitrogens with one attached hydrogen (secondary N) is 2. The first kappa shape index (κ1) is 27.7. The van der Waals surface area contributed by atoms with Gasteiger partial charge >= 0.3 is 0 Å². The number of carbonyl (C=O) groups excluding carboxylic acids is 1. The van der Waals surface area contributed by atoms with Gasteiger partial charge < -0.3 is 5.32 Å². The number of hydrazine groups is 1. The van der Waals surface area contributed by atoms with Gasteiger partial charge in [0.1, 0.15) is 0 Å². The van der Waals surface area contributed by atoms with Gasteiger partial charge in [-0.15, -0.1) is 37.2 Å². The monoisotopic (exact) mass is 460 g/mol. The molecule has 0 unspecified atom stereocenters. The average molecular weight is 462 g/mol. The molecule has 1 aliphatic rings. The number of amides is 1. The number of carbonyl (C=O) groups is 1. The fraction of sp³-hybridized carbons (Fsp3) is 0.381. The number of nitrogens with zero attached hydrogens (tertiary/aromatic N) is 1. The van der Waals surface area contributed by atoms with Crippen molar-refractivity contribution in [2.75, 3.05) is 26.2 Å². The van der Waals surface area contributed by atoms with Crippen LogP contribution in [-0.2, 0) is 30.6 Å². The Kier molecular flexibility index (Phi) is 13.9. The molecule has 1 fully saturated rings. The molecule has 4 N–H and O–H groups in total. The molecule has 1 amide bonds. The number of nitrogens with two attached hydrogens (primary N) is 1. The van der Waals surface area contributed by atoms with Crippen molar-refractivity contribution in [1.29, 1.82) is 0 Å². The summed E-state index contributed by atoms with van der Waals surface area (Å²) in [6.07, 6.45) is 2.35. The van der Waals surface area contributed by atoms with Crippen LogP contribution < -0.4 is 16.6 Å². The highest BCUT2D eigenvalue weighted by atomic mass is 35.5. The zero-order chi connectivity index (χ0) is 18.2. The summed E-state index contributed by atoms with van der Waals surface area (Å²) in [5.41, 5.74) is 7.17. The molecule has 162 valence electrons. The topological polar surface area (TPSA) is 70.4 Å². The zero-order valence-electron chi connectivity index (χ0n) is 16.4. The highest BCUT2D eigenvalue weighted by molar-refractivity contribution is 5.86. The highest BCUT2D eigenvalue weighted by Crippen LogP contribution is 2.12. The molecule has 8 heteroatoms. The Hall–Kier alpha value is -1.34. The summed E-state index contributed by atoms with van der Waals surface area (Å²) < 4.78 is 0. The van der Waals surface area contributed by atoms with Crippen LogP contribution in [-0.4, -0.2) is 37.0 Å². The number of hydrogen-bond acceptors (Lipinski definition) is 4. The van der Waals surface area contributed by atoms with Crippen molar-refractivity contribution < 1.29 is 4.79 Å². The molecule has 2 aromatic carbocycles. The number of rotatable bonds is 7. The molecule has 3 rings (SSSR count). The van der Waals surface area contributed by atoms with Gasteiger partial charge in [-0.25, -0.2) is 5.84 Å². The van der Waals surface area contributed by atoms with Crippen LogP contribution in [0.15, 0.2) is 48.5 Å². The van der Waals surface area contributed by atoms with Crippen molar-refractivity contribution in [3.05, 3.63) is 70.8 Å². The second kappa shape index (κ2) is 14.6. The van der Waals surface area contributed by atoms with Crippen LogP contribution in [0.3, 0.4) is 0 Å². The molecule has 2 aromatic rings. The molecule has 1 saturated heterocycles. The van der Waals surface area contributed by atoms with E-state index in [-0.39, 0.29) is 43.1 Å². The van der Waals surface area contributed by atoms with Gasteiger partial charge in [0, 0.05) is 32.7 Å². The van der Waals surface area contributed by atoms with Crippen molar-refractivity contribution in [2.24, 2.45) is 5.84 Å². The lowest BCUT2D eigenvalue weighted by molar-refractivity contribution is -0.120. The van der Waals surface area contributed by atoms with E-state index in [4.69, 9.17) is 5.84 Å². The normalized spacial score (nSPS) is 13.4. The molecule has 0 aliphatic carbocycles. The van der Waals surface area contributed by atoms with Crippen LogP contribution in [0.25, 0.3) is 0 Å². The molecule has 29 heavy (non-hydrogen) atoms.